The van der Waals surface area contributed by atoms with Gasteiger partial charge in [-0.25, -0.2) is 4.68 Å². The van der Waals surface area contributed by atoms with Crippen molar-refractivity contribution in [3.05, 3.63) is 57.3 Å². The van der Waals surface area contributed by atoms with Gasteiger partial charge in [0.15, 0.2) is 0 Å². The fraction of sp³-hybridized carbons (Fsp3) is 0.400. The molecule has 6 heteroatoms. The van der Waals surface area contributed by atoms with Crippen LogP contribution in [0.4, 0.5) is 0 Å². The highest BCUT2D eigenvalue weighted by Crippen LogP contribution is 2.45. The smallest absolute Gasteiger partial charge is 0.132 e. The van der Waals surface area contributed by atoms with E-state index in [1.807, 2.05) is 18.2 Å². The number of piperidine rings is 1. The summed E-state index contributed by atoms with van der Waals surface area (Å²) in [5.41, 5.74) is 5.75. The van der Waals surface area contributed by atoms with Crippen LogP contribution in [0.3, 0.4) is 0 Å². The summed E-state index contributed by atoms with van der Waals surface area (Å²) >= 11 is 2.35. The van der Waals surface area contributed by atoms with E-state index in [-0.39, 0.29) is 0 Å². The Morgan fingerprint density at radius 3 is 2.35 bits per heavy atom. The summed E-state index contributed by atoms with van der Waals surface area (Å²) in [6.45, 7) is 2.34. The molecule has 2 aromatic carbocycles. The third kappa shape index (κ3) is 3.74. The van der Waals surface area contributed by atoms with E-state index < -0.39 is 0 Å². The first-order chi connectivity index (χ1) is 15.1. The molecule has 0 bridgehead atoms. The number of hydrogen-bond donors (Lipinski definition) is 0. The number of methoxy groups -OCH3 is 2. The first-order valence-electron chi connectivity index (χ1n) is 10.9. The van der Waals surface area contributed by atoms with Gasteiger partial charge in [-0.1, -0.05) is 6.07 Å². The van der Waals surface area contributed by atoms with Crippen molar-refractivity contribution in [1.29, 1.82) is 0 Å². The molecule has 1 aliphatic heterocycles. The van der Waals surface area contributed by atoms with Crippen LogP contribution in [0, 0.1) is 15.4 Å². The number of aromatic nitrogens is 2. The van der Waals surface area contributed by atoms with Crippen molar-refractivity contribution in [2.24, 2.45) is 11.8 Å². The molecule has 2 unspecified atom stereocenters. The maximum Gasteiger partial charge on any atom is 0.132 e. The van der Waals surface area contributed by atoms with Crippen molar-refractivity contribution < 1.29 is 9.47 Å². The fourth-order valence-electron chi connectivity index (χ4n) is 5.26. The van der Waals surface area contributed by atoms with Crippen molar-refractivity contribution in [3.63, 3.8) is 0 Å². The average molecular weight is 529 g/mol. The molecule has 162 valence electrons. The third-order valence-corrected chi connectivity index (χ3v) is 7.56. The van der Waals surface area contributed by atoms with Crippen LogP contribution in [0.2, 0.25) is 0 Å². The molecule has 31 heavy (non-hydrogen) atoms. The van der Waals surface area contributed by atoms with Crippen molar-refractivity contribution in [3.8, 4) is 28.4 Å². The van der Waals surface area contributed by atoms with E-state index in [0.717, 1.165) is 53.7 Å². The number of benzene rings is 2. The SMILES string of the molecule is COc1cccc(OC)c1-c1nn(-c2ccc(I)cc2)c2c1CC1CN(C)CCC1C2. The molecule has 5 nitrogen and oxygen atoms in total. The largest absolute Gasteiger partial charge is 0.496 e. The maximum absolute atomic E-state index is 5.75. The summed E-state index contributed by atoms with van der Waals surface area (Å²) in [4.78, 5) is 2.47. The van der Waals surface area contributed by atoms with Gasteiger partial charge in [0.25, 0.3) is 0 Å². The Kier molecular flexibility index (Phi) is 5.69. The van der Waals surface area contributed by atoms with Crippen LogP contribution in [0.5, 0.6) is 11.5 Å². The van der Waals surface area contributed by atoms with Gasteiger partial charge < -0.3 is 14.4 Å². The van der Waals surface area contributed by atoms with Crippen LogP contribution in [0.1, 0.15) is 17.7 Å². The summed E-state index contributed by atoms with van der Waals surface area (Å²) in [5, 5.41) is 5.20. The number of ether oxygens (including phenoxy) is 2. The molecule has 1 fully saturated rings. The quantitative estimate of drug-likeness (QED) is 0.455. The van der Waals surface area contributed by atoms with E-state index in [1.165, 1.54) is 27.8 Å². The normalized spacial score (nSPS) is 20.8. The van der Waals surface area contributed by atoms with Crippen molar-refractivity contribution in [2.45, 2.75) is 19.3 Å². The van der Waals surface area contributed by atoms with E-state index >= 15 is 0 Å². The predicted molar refractivity (Wildman–Crippen MR) is 131 cm³/mol. The number of likely N-dealkylation sites (tertiary alicyclic amines) is 1. The molecule has 0 amide bonds. The molecule has 3 aromatic rings. The molecule has 2 aliphatic rings. The molecule has 2 heterocycles. The second kappa shape index (κ2) is 8.47. The zero-order chi connectivity index (χ0) is 21.5. The lowest BCUT2D eigenvalue weighted by Gasteiger charge is -2.40. The average Bonchev–Trinajstić information content (AvgIpc) is 3.15. The third-order valence-electron chi connectivity index (χ3n) is 6.84. The zero-order valence-electron chi connectivity index (χ0n) is 18.3. The maximum atomic E-state index is 5.75. The van der Waals surface area contributed by atoms with Crippen molar-refractivity contribution >= 4 is 22.6 Å². The standard InChI is InChI=1S/C25H28IN3O2/c1-28-12-11-16-14-21-20(13-17(16)15-28)25(24-22(30-2)5-4-6-23(24)31-3)27-29(21)19-9-7-18(26)8-10-19/h4-10,16-17H,11-15H2,1-3H3. The monoisotopic (exact) mass is 529 g/mol. The first-order valence-corrected chi connectivity index (χ1v) is 11.9. The lowest BCUT2D eigenvalue weighted by molar-refractivity contribution is 0.133. The minimum Gasteiger partial charge on any atom is -0.496 e. The Morgan fingerprint density at radius 2 is 1.68 bits per heavy atom. The van der Waals surface area contributed by atoms with Crippen molar-refractivity contribution in [2.75, 3.05) is 34.4 Å². The van der Waals surface area contributed by atoms with E-state index in [1.54, 1.807) is 14.2 Å². The van der Waals surface area contributed by atoms with Crippen LogP contribution < -0.4 is 9.47 Å². The summed E-state index contributed by atoms with van der Waals surface area (Å²) in [5.74, 6) is 2.99. The molecule has 0 spiro atoms. The fourth-order valence-corrected chi connectivity index (χ4v) is 5.62. The molecule has 0 saturated carbocycles. The minimum atomic E-state index is 0.667. The van der Waals surface area contributed by atoms with Crippen LogP contribution in [0.15, 0.2) is 42.5 Å². The number of fused-ring (bicyclic) bond motifs is 2. The van der Waals surface area contributed by atoms with E-state index in [4.69, 9.17) is 14.6 Å². The van der Waals surface area contributed by atoms with Gasteiger partial charge in [0.1, 0.15) is 17.2 Å². The van der Waals surface area contributed by atoms with Gasteiger partial charge in [-0.2, -0.15) is 5.10 Å². The number of halogens is 1. The van der Waals surface area contributed by atoms with E-state index in [2.05, 4.69) is 63.5 Å². The summed E-state index contributed by atoms with van der Waals surface area (Å²) < 4.78 is 14.9. The lowest BCUT2D eigenvalue weighted by atomic mass is 9.73. The molecule has 2 atom stereocenters. The Hall–Kier alpha value is -2.06. The highest BCUT2D eigenvalue weighted by Gasteiger charge is 2.37. The minimum absolute atomic E-state index is 0.667. The van der Waals surface area contributed by atoms with Gasteiger partial charge in [-0.3, -0.25) is 0 Å². The summed E-state index contributed by atoms with van der Waals surface area (Å²) in [6, 6.07) is 14.6. The van der Waals surface area contributed by atoms with Crippen LogP contribution in [0.25, 0.3) is 16.9 Å². The van der Waals surface area contributed by atoms with Gasteiger partial charge >= 0.3 is 0 Å². The molecule has 1 aliphatic carbocycles. The second-order valence-corrected chi connectivity index (χ2v) is 9.92. The molecule has 0 radical (unpaired) electrons. The van der Waals surface area contributed by atoms with Gasteiger partial charge in [-0.15, -0.1) is 0 Å². The predicted octanol–water partition coefficient (Wildman–Crippen LogP) is 4.83. The zero-order valence-corrected chi connectivity index (χ0v) is 20.4. The molecule has 1 saturated heterocycles. The van der Waals surface area contributed by atoms with Gasteiger partial charge in [-0.05, 0) is 104 Å². The Labute approximate surface area is 197 Å². The number of nitrogens with zero attached hydrogens (tertiary/aromatic N) is 3. The van der Waals surface area contributed by atoms with Crippen molar-refractivity contribution in [1.82, 2.24) is 14.7 Å². The lowest BCUT2D eigenvalue weighted by Crippen LogP contribution is -2.42. The molecular weight excluding hydrogens is 501 g/mol. The molecular formula is C25H28IN3O2. The molecule has 0 N–H and O–H groups in total. The molecule has 5 rings (SSSR count). The van der Waals surface area contributed by atoms with Crippen LogP contribution >= 0.6 is 22.6 Å². The molecule has 1 aromatic heterocycles. The summed E-state index contributed by atoms with van der Waals surface area (Å²) in [7, 11) is 5.67. The van der Waals surface area contributed by atoms with Gasteiger partial charge in [0.2, 0.25) is 0 Å². The second-order valence-electron chi connectivity index (χ2n) is 8.68. The Morgan fingerprint density at radius 1 is 0.968 bits per heavy atom. The van der Waals surface area contributed by atoms with E-state index in [9.17, 15) is 0 Å². The van der Waals surface area contributed by atoms with E-state index in [0.29, 0.717) is 5.92 Å². The Bertz CT molecular complexity index is 1070. The van der Waals surface area contributed by atoms with Crippen LogP contribution in [-0.4, -0.2) is 49.0 Å². The topological polar surface area (TPSA) is 39.5 Å². The highest BCUT2D eigenvalue weighted by molar-refractivity contribution is 14.1. The highest BCUT2D eigenvalue weighted by atomic mass is 127. The van der Waals surface area contributed by atoms with Gasteiger partial charge in [0, 0.05) is 21.4 Å². The van der Waals surface area contributed by atoms with Gasteiger partial charge in [0.05, 0.1) is 25.5 Å². The number of hydrogen-bond acceptors (Lipinski definition) is 4. The van der Waals surface area contributed by atoms with Crippen LogP contribution in [-0.2, 0) is 12.8 Å². The summed E-state index contributed by atoms with van der Waals surface area (Å²) in [6.07, 6.45) is 3.38. The first kappa shape index (κ1) is 20.8. The Balaban J connectivity index is 1.71. The number of rotatable bonds is 4.